The molecule has 0 aromatic heterocycles. The maximum atomic E-state index is 11.6. The lowest BCUT2D eigenvalue weighted by Crippen LogP contribution is -2.55. The zero-order valence-corrected chi connectivity index (χ0v) is 17.7. The normalized spacial score (nSPS) is 53.7. The molecule has 4 aliphatic rings. The van der Waals surface area contributed by atoms with Gasteiger partial charge in [-0.1, -0.05) is 42.9 Å². The molecule has 0 radical (unpaired) electrons. The lowest BCUT2D eigenvalue weighted by Gasteiger charge is -2.61. The van der Waals surface area contributed by atoms with Gasteiger partial charge in [0.15, 0.2) is 0 Å². The molecule has 8 atom stereocenters. The molecule has 0 bridgehead atoms. The molecule has 0 spiro atoms. The Kier molecular flexibility index (Phi) is 4.49. The molecule has 3 heteroatoms. The first-order valence-electron chi connectivity index (χ1n) is 10.1. The van der Waals surface area contributed by atoms with Gasteiger partial charge in [0.1, 0.15) is 6.10 Å². The van der Waals surface area contributed by atoms with Gasteiger partial charge in [0.2, 0.25) is 0 Å². The topological polar surface area (TPSA) is 26.3 Å². The van der Waals surface area contributed by atoms with E-state index in [1.165, 1.54) is 51.4 Å². The first-order chi connectivity index (χ1) is 11.3. The number of hydrogen-bond donors (Lipinski definition) is 0. The molecule has 0 unspecified atom stereocenters. The van der Waals surface area contributed by atoms with Crippen molar-refractivity contribution < 1.29 is 9.53 Å². The second kappa shape index (κ2) is 6.13. The van der Waals surface area contributed by atoms with Crippen LogP contribution in [0.5, 0.6) is 0 Å². The molecule has 0 saturated heterocycles. The van der Waals surface area contributed by atoms with E-state index in [0.717, 1.165) is 30.1 Å². The van der Waals surface area contributed by atoms with Crippen LogP contribution >= 0.6 is 22.6 Å². The monoisotopic (exact) mass is 444 g/mol. The highest BCUT2D eigenvalue weighted by molar-refractivity contribution is 14.1. The highest BCUT2D eigenvalue weighted by Gasteiger charge is 2.59. The summed E-state index contributed by atoms with van der Waals surface area (Å²) in [5, 5.41) is 0. The van der Waals surface area contributed by atoms with Gasteiger partial charge in [-0.25, -0.2) is 0 Å². The molecule has 0 heterocycles. The lowest BCUT2D eigenvalue weighted by atomic mass is 9.45. The molecule has 4 rings (SSSR count). The summed E-state index contributed by atoms with van der Waals surface area (Å²) in [6.07, 6.45) is 12.6. The summed E-state index contributed by atoms with van der Waals surface area (Å²) in [5.41, 5.74) is 1.04. The van der Waals surface area contributed by atoms with E-state index in [1.54, 1.807) is 6.92 Å². The summed E-state index contributed by atoms with van der Waals surface area (Å²) in [5.74, 6) is 3.53. The van der Waals surface area contributed by atoms with Gasteiger partial charge in [0.25, 0.3) is 0 Å². The number of carbonyl (C=O) groups excluding carboxylic acids is 1. The third-order valence-corrected chi connectivity index (χ3v) is 10.0. The van der Waals surface area contributed by atoms with Crippen LogP contribution in [0.4, 0.5) is 0 Å². The summed E-state index contributed by atoms with van der Waals surface area (Å²) in [4.78, 5) is 11.6. The minimum absolute atomic E-state index is 0.0944. The van der Waals surface area contributed by atoms with Crippen LogP contribution in [0.3, 0.4) is 0 Å². The number of hydrogen-bond acceptors (Lipinski definition) is 2. The molecule has 4 aliphatic carbocycles. The van der Waals surface area contributed by atoms with Crippen molar-refractivity contribution in [2.24, 2.45) is 34.5 Å². The van der Waals surface area contributed by atoms with Crippen molar-refractivity contribution in [3.05, 3.63) is 0 Å². The van der Waals surface area contributed by atoms with Crippen LogP contribution in [0.15, 0.2) is 0 Å². The number of ether oxygens (including phenoxy) is 1. The van der Waals surface area contributed by atoms with Crippen LogP contribution in [0.25, 0.3) is 0 Å². The summed E-state index contributed by atoms with van der Waals surface area (Å²) in [6, 6.07) is 0. The highest BCUT2D eigenvalue weighted by Crippen LogP contribution is 2.66. The van der Waals surface area contributed by atoms with E-state index in [-0.39, 0.29) is 12.1 Å². The fourth-order valence-electron chi connectivity index (χ4n) is 7.55. The summed E-state index contributed by atoms with van der Waals surface area (Å²) in [6.45, 7) is 6.72. The molecular weight excluding hydrogens is 411 g/mol. The fraction of sp³-hybridized carbons (Fsp3) is 0.952. The van der Waals surface area contributed by atoms with Crippen LogP contribution in [-0.2, 0) is 9.53 Å². The molecule has 0 N–H and O–H groups in total. The number of carbonyl (C=O) groups is 1. The zero-order valence-electron chi connectivity index (χ0n) is 15.5. The third-order valence-electron chi connectivity index (χ3n) is 8.72. The van der Waals surface area contributed by atoms with E-state index in [9.17, 15) is 4.79 Å². The molecule has 0 aromatic carbocycles. The van der Waals surface area contributed by atoms with Crippen molar-refractivity contribution in [2.75, 3.05) is 0 Å². The van der Waals surface area contributed by atoms with E-state index in [1.807, 2.05) is 0 Å². The Labute approximate surface area is 161 Å². The first kappa shape index (κ1) is 17.6. The van der Waals surface area contributed by atoms with Crippen LogP contribution in [-0.4, -0.2) is 16.0 Å². The average Bonchev–Trinajstić information content (AvgIpc) is 2.90. The quantitative estimate of drug-likeness (QED) is 0.292. The molecule has 4 saturated carbocycles. The van der Waals surface area contributed by atoms with E-state index in [0.29, 0.717) is 14.8 Å². The molecule has 2 nitrogen and oxygen atoms in total. The summed E-state index contributed by atoms with van der Waals surface area (Å²) < 4.78 is 6.26. The predicted molar refractivity (Wildman–Crippen MR) is 105 cm³/mol. The molecule has 24 heavy (non-hydrogen) atoms. The van der Waals surface area contributed by atoms with E-state index < -0.39 is 0 Å². The Balaban J connectivity index is 1.59. The van der Waals surface area contributed by atoms with Crippen molar-refractivity contribution >= 4 is 28.6 Å². The lowest BCUT2D eigenvalue weighted by molar-refractivity contribution is -0.159. The highest BCUT2D eigenvalue weighted by atomic mass is 127. The minimum atomic E-state index is -0.0944. The molecular formula is C21H33IO2. The van der Waals surface area contributed by atoms with Gasteiger partial charge in [0, 0.05) is 10.8 Å². The second-order valence-corrected chi connectivity index (χ2v) is 11.4. The number of alkyl halides is 1. The van der Waals surface area contributed by atoms with Crippen LogP contribution < -0.4 is 0 Å². The van der Waals surface area contributed by atoms with Crippen LogP contribution in [0.2, 0.25) is 0 Å². The maximum Gasteiger partial charge on any atom is 0.302 e. The second-order valence-electron chi connectivity index (χ2n) is 9.85. The number of fused-ring (bicyclic) bond motifs is 5. The van der Waals surface area contributed by atoms with Crippen molar-refractivity contribution in [3.8, 4) is 0 Å². The predicted octanol–water partition coefficient (Wildman–Crippen LogP) is 5.76. The largest absolute Gasteiger partial charge is 0.461 e. The SMILES string of the molecule is CC(=O)O[C@@H]1C[C@@]2(C)[C@@H](CC[C@H]3[C@H]4CCC[C@@]4(C)CC[C@H]32)C[C@H]1I. The number of halogens is 1. The standard InChI is InChI=1S/C21H33IO2/c1-13(23)24-19-12-21(3)14(11-18(19)22)6-7-15-16-5-4-9-20(16,2)10-8-17(15)21/h14-19H,4-12H2,1-3H3/t14-,15-,16+,17+,18+,19+,20-,21-/m0/s1. The smallest absolute Gasteiger partial charge is 0.302 e. The zero-order chi connectivity index (χ0) is 17.1. The molecule has 4 fully saturated rings. The molecule has 0 aliphatic heterocycles. The van der Waals surface area contributed by atoms with Crippen molar-refractivity contribution in [3.63, 3.8) is 0 Å². The molecule has 136 valence electrons. The number of esters is 1. The Morgan fingerprint density at radius 1 is 1.08 bits per heavy atom. The minimum Gasteiger partial charge on any atom is -0.461 e. The Morgan fingerprint density at radius 2 is 1.88 bits per heavy atom. The van der Waals surface area contributed by atoms with Gasteiger partial charge in [-0.2, -0.15) is 0 Å². The third kappa shape index (κ3) is 2.66. The van der Waals surface area contributed by atoms with Gasteiger partial charge in [0.05, 0.1) is 0 Å². The summed E-state index contributed by atoms with van der Waals surface area (Å²) in [7, 11) is 0. The van der Waals surface area contributed by atoms with Gasteiger partial charge in [-0.15, -0.1) is 0 Å². The van der Waals surface area contributed by atoms with Crippen molar-refractivity contribution in [1.29, 1.82) is 0 Å². The van der Waals surface area contributed by atoms with Crippen molar-refractivity contribution in [1.82, 2.24) is 0 Å². The number of rotatable bonds is 1. The molecule has 0 amide bonds. The van der Waals surface area contributed by atoms with Gasteiger partial charge in [-0.05, 0) is 85.9 Å². The molecule has 0 aromatic rings. The van der Waals surface area contributed by atoms with Gasteiger partial charge in [-0.3, -0.25) is 4.79 Å². The van der Waals surface area contributed by atoms with Crippen LogP contribution in [0.1, 0.15) is 78.6 Å². The van der Waals surface area contributed by atoms with E-state index >= 15 is 0 Å². The van der Waals surface area contributed by atoms with Crippen LogP contribution in [0, 0.1) is 34.5 Å². The van der Waals surface area contributed by atoms with Crippen molar-refractivity contribution in [2.45, 2.75) is 88.6 Å². The van der Waals surface area contributed by atoms with E-state index in [2.05, 4.69) is 36.4 Å². The Bertz CT molecular complexity index is 520. The first-order valence-corrected chi connectivity index (χ1v) is 11.4. The fourth-order valence-corrected chi connectivity index (χ4v) is 8.56. The van der Waals surface area contributed by atoms with E-state index in [4.69, 9.17) is 4.74 Å². The summed E-state index contributed by atoms with van der Waals surface area (Å²) >= 11 is 2.55. The average molecular weight is 444 g/mol. The Morgan fingerprint density at radius 3 is 2.62 bits per heavy atom. The van der Waals surface area contributed by atoms with Gasteiger partial charge < -0.3 is 4.74 Å². The Hall–Kier alpha value is 0.200. The maximum absolute atomic E-state index is 11.6. The van der Waals surface area contributed by atoms with Gasteiger partial charge >= 0.3 is 5.97 Å².